The van der Waals surface area contributed by atoms with Gasteiger partial charge < -0.3 is 19.5 Å². The third kappa shape index (κ3) is 5.48. The van der Waals surface area contributed by atoms with Crippen LogP contribution in [-0.4, -0.2) is 29.6 Å². The van der Waals surface area contributed by atoms with Crippen LogP contribution in [0, 0.1) is 5.92 Å². The van der Waals surface area contributed by atoms with Gasteiger partial charge in [-0.25, -0.2) is 9.97 Å². The van der Waals surface area contributed by atoms with Gasteiger partial charge >= 0.3 is 0 Å². The molecule has 7 nitrogen and oxygen atoms in total. The molecule has 156 valence electrons. The maximum atomic E-state index is 12.5. The van der Waals surface area contributed by atoms with Gasteiger partial charge in [0.2, 0.25) is 5.88 Å². The van der Waals surface area contributed by atoms with Crippen LogP contribution >= 0.6 is 11.3 Å². The van der Waals surface area contributed by atoms with E-state index < -0.39 is 0 Å². The Bertz CT molecular complexity index is 973. The van der Waals surface area contributed by atoms with Gasteiger partial charge in [-0.05, 0) is 42.5 Å². The molecule has 2 heterocycles. The first kappa shape index (κ1) is 20.2. The summed E-state index contributed by atoms with van der Waals surface area (Å²) in [5, 5.41) is 4.82. The van der Waals surface area contributed by atoms with E-state index in [0.29, 0.717) is 42.0 Å². The summed E-state index contributed by atoms with van der Waals surface area (Å²) in [6, 6.07) is 8.85. The molecule has 1 aliphatic carbocycles. The van der Waals surface area contributed by atoms with E-state index in [1.54, 1.807) is 37.0 Å². The Kier molecular flexibility index (Phi) is 6.44. The van der Waals surface area contributed by atoms with E-state index in [0.717, 1.165) is 17.9 Å². The van der Waals surface area contributed by atoms with Gasteiger partial charge in [-0.1, -0.05) is 6.07 Å². The first-order chi connectivity index (χ1) is 14.7. The molecule has 0 spiro atoms. The van der Waals surface area contributed by atoms with Crippen molar-refractivity contribution in [1.29, 1.82) is 0 Å². The largest absolute Gasteiger partial charge is 0.493 e. The Hall–Kier alpha value is -3.13. The Labute approximate surface area is 179 Å². The molecule has 1 aliphatic rings. The number of thiazole rings is 1. The molecule has 0 atom stereocenters. The van der Waals surface area contributed by atoms with Crippen molar-refractivity contribution in [2.75, 3.05) is 13.7 Å². The van der Waals surface area contributed by atoms with Crippen molar-refractivity contribution in [1.82, 2.24) is 15.3 Å². The molecule has 0 unspecified atom stereocenters. The van der Waals surface area contributed by atoms with Crippen LogP contribution in [0.2, 0.25) is 0 Å². The van der Waals surface area contributed by atoms with E-state index in [2.05, 4.69) is 15.3 Å². The number of carbonyl (C=O) groups is 1. The lowest BCUT2D eigenvalue weighted by Crippen LogP contribution is -2.22. The van der Waals surface area contributed by atoms with Crippen molar-refractivity contribution in [3.8, 4) is 17.4 Å². The van der Waals surface area contributed by atoms with Crippen LogP contribution in [0.1, 0.15) is 34.5 Å². The first-order valence-electron chi connectivity index (χ1n) is 9.75. The second kappa shape index (κ2) is 9.58. The molecule has 8 heteroatoms. The second-order valence-corrected chi connectivity index (χ2v) is 7.79. The van der Waals surface area contributed by atoms with E-state index in [4.69, 9.17) is 14.2 Å². The molecule has 1 saturated carbocycles. The molecule has 1 aromatic carbocycles. The van der Waals surface area contributed by atoms with Crippen molar-refractivity contribution >= 4 is 17.2 Å². The van der Waals surface area contributed by atoms with Crippen LogP contribution in [0.15, 0.2) is 47.4 Å². The normalized spacial score (nSPS) is 13.0. The Balaban J connectivity index is 1.31. The second-order valence-electron chi connectivity index (χ2n) is 7.08. The number of hydrogen-bond donors (Lipinski definition) is 1. The molecule has 1 fully saturated rings. The molecule has 2 aromatic heterocycles. The fourth-order valence-electron chi connectivity index (χ4n) is 2.76. The van der Waals surface area contributed by atoms with Crippen LogP contribution < -0.4 is 19.5 Å². The van der Waals surface area contributed by atoms with E-state index in [9.17, 15) is 4.79 Å². The summed E-state index contributed by atoms with van der Waals surface area (Å²) in [4.78, 5) is 21.0. The third-order valence-electron chi connectivity index (χ3n) is 4.70. The first-order valence-corrected chi connectivity index (χ1v) is 10.7. The van der Waals surface area contributed by atoms with Crippen LogP contribution in [-0.2, 0) is 13.2 Å². The van der Waals surface area contributed by atoms with Crippen LogP contribution in [0.3, 0.4) is 0 Å². The quantitative estimate of drug-likeness (QED) is 0.531. The third-order valence-corrected chi connectivity index (χ3v) is 5.33. The lowest BCUT2D eigenvalue weighted by Gasteiger charge is -2.12. The monoisotopic (exact) mass is 425 g/mol. The molecular formula is C22H23N3O4S. The average Bonchev–Trinajstić information content (AvgIpc) is 3.47. The number of nitrogens with zero attached hydrogens (tertiary/aromatic N) is 2. The van der Waals surface area contributed by atoms with E-state index in [-0.39, 0.29) is 5.91 Å². The lowest BCUT2D eigenvalue weighted by molar-refractivity contribution is 0.0950. The van der Waals surface area contributed by atoms with Crippen LogP contribution in [0.5, 0.6) is 17.4 Å². The smallest absolute Gasteiger partial charge is 0.251 e. The number of amides is 1. The van der Waals surface area contributed by atoms with Gasteiger partial charge in [-0.3, -0.25) is 4.79 Å². The predicted octanol–water partition coefficient (Wildman–Crippen LogP) is 3.84. The van der Waals surface area contributed by atoms with Crippen molar-refractivity contribution in [3.63, 3.8) is 0 Å². The van der Waals surface area contributed by atoms with Gasteiger partial charge in [0.25, 0.3) is 5.91 Å². The maximum absolute atomic E-state index is 12.5. The standard InChI is InChI=1S/C22H23N3O4S/c1-27-20-8-17(5-6-19(20)28-12-18-13-30-14-25-18)22(26)24-10-16-4-7-21(23-9-16)29-11-15-2-3-15/h4-9,13-15H,2-3,10-12H2,1H3,(H,24,26). The van der Waals surface area contributed by atoms with Crippen molar-refractivity contribution in [2.45, 2.75) is 26.0 Å². The minimum atomic E-state index is -0.201. The number of aromatic nitrogens is 2. The predicted molar refractivity (Wildman–Crippen MR) is 113 cm³/mol. The number of rotatable bonds is 10. The lowest BCUT2D eigenvalue weighted by atomic mass is 10.2. The summed E-state index contributed by atoms with van der Waals surface area (Å²) in [6.07, 6.45) is 4.21. The summed E-state index contributed by atoms with van der Waals surface area (Å²) in [7, 11) is 1.55. The number of carbonyl (C=O) groups excluding carboxylic acids is 1. The Morgan fingerprint density at radius 3 is 2.77 bits per heavy atom. The summed E-state index contributed by atoms with van der Waals surface area (Å²) in [5.74, 6) is 2.17. The molecule has 30 heavy (non-hydrogen) atoms. The van der Waals surface area contributed by atoms with Gasteiger partial charge in [0.15, 0.2) is 11.5 Å². The number of hydrogen-bond acceptors (Lipinski definition) is 7. The Morgan fingerprint density at radius 2 is 2.07 bits per heavy atom. The fraction of sp³-hybridized carbons (Fsp3) is 0.318. The Morgan fingerprint density at radius 1 is 1.17 bits per heavy atom. The summed E-state index contributed by atoms with van der Waals surface area (Å²) < 4.78 is 16.8. The molecule has 1 amide bonds. The number of pyridine rings is 1. The van der Waals surface area contributed by atoms with Gasteiger partial charge in [0.1, 0.15) is 6.61 Å². The average molecular weight is 426 g/mol. The van der Waals surface area contributed by atoms with Gasteiger partial charge in [0.05, 0.1) is 24.9 Å². The SMILES string of the molecule is COc1cc(C(=O)NCc2ccc(OCC3CC3)nc2)ccc1OCc1cscn1. The zero-order valence-corrected chi connectivity index (χ0v) is 17.5. The highest BCUT2D eigenvalue weighted by molar-refractivity contribution is 7.07. The van der Waals surface area contributed by atoms with Crippen molar-refractivity contribution < 1.29 is 19.0 Å². The fourth-order valence-corrected chi connectivity index (χ4v) is 3.30. The highest BCUT2D eigenvalue weighted by atomic mass is 32.1. The van der Waals surface area contributed by atoms with Gasteiger partial charge in [-0.2, -0.15) is 0 Å². The number of methoxy groups -OCH3 is 1. The summed E-state index contributed by atoms with van der Waals surface area (Å²) in [5.41, 5.74) is 4.00. The van der Waals surface area contributed by atoms with Crippen molar-refractivity contribution in [3.05, 3.63) is 64.2 Å². The molecule has 3 aromatic rings. The van der Waals surface area contributed by atoms with Gasteiger partial charge in [0, 0.05) is 29.8 Å². The molecule has 1 N–H and O–H groups in total. The van der Waals surface area contributed by atoms with Crippen LogP contribution in [0.4, 0.5) is 0 Å². The van der Waals surface area contributed by atoms with Crippen LogP contribution in [0.25, 0.3) is 0 Å². The van der Waals surface area contributed by atoms with Gasteiger partial charge in [-0.15, -0.1) is 11.3 Å². The maximum Gasteiger partial charge on any atom is 0.251 e. The van der Waals surface area contributed by atoms with Crippen molar-refractivity contribution in [2.24, 2.45) is 5.92 Å². The van der Waals surface area contributed by atoms with E-state index in [1.807, 2.05) is 17.5 Å². The number of nitrogens with one attached hydrogen (secondary N) is 1. The molecule has 0 radical (unpaired) electrons. The number of benzene rings is 1. The zero-order chi connectivity index (χ0) is 20.8. The summed E-state index contributed by atoms with van der Waals surface area (Å²) >= 11 is 1.51. The minimum absolute atomic E-state index is 0.201. The highest BCUT2D eigenvalue weighted by Gasteiger charge is 2.22. The van der Waals surface area contributed by atoms with E-state index >= 15 is 0 Å². The molecule has 0 aliphatic heterocycles. The van der Waals surface area contributed by atoms with E-state index in [1.165, 1.54) is 24.2 Å². The molecule has 0 bridgehead atoms. The molecule has 4 rings (SSSR count). The molecule has 0 saturated heterocycles. The summed E-state index contributed by atoms with van der Waals surface area (Å²) in [6.45, 7) is 1.45. The number of ether oxygens (including phenoxy) is 3. The highest BCUT2D eigenvalue weighted by Crippen LogP contribution is 2.30. The molecular weight excluding hydrogens is 402 g/mol. The topological polar surface area (TPSA) is 82.6 Å². The minimum Gasteiger partial charge on any atom is -0.493 e. The zero-order valence-electron chi connectivity index (χ0n) is 16.7.